The number of hydrogen-bond acceptors (Lipinski definition) is 2. The molecule has 2 atom stereocenters. The van der Waals surface area contributed by atoms with Crippen molar-refractivity contribution in [3.8, 4) is 0 Å². The van der Waals surface area contributed by atoms with Gasteiger partial charge in [0.2, 0.25) is 0 Å². The normalized spacial score (nSPS) is 23.4. The number of hydrogen-bond donors (Lipinski definition) is 0. The van der Waals surface area contributed by atoms with E-state index in [9.17, 15) is 0 Å². The molecule has 0 amide bonds. The minimum atomic E-state index is -0.00815. The first-order valence-corrected chi connectivity index (χ1v) is 7.13. The van der Waals surface area contributed by atoms with E-state index in [0.717, 1.165) is 0 Å². The van der Waals surface area contributed by atoms with E-state index in [2.05, 4.69) is 80.4 Å². The molecule has 2 nitrogen and oxygen atoms in total. The van der Waals surface area contributed by atoms with Gasteiger partial charge in [-0.2, -0.15) is 5.06 Å². The summed E-state index contributed by atoms with van der Waals surface area (Å²) in [6, 6.07) is 21.3. The van der Waals surface area contributed by atoms with E-state index >= 15 is 0 Å². The Labute approximate surface area is 120 Å². The Morgan fingerprint density at radius 3 is 1.80 bits per heavy atom. The highest BCUT2D eigenvalue weighted by atomic mass is 16.7. The number of nitrogens with zero attached hydrogens (tertiary/aromatic N) is 1. The van der Waals surface area contributed by atoms with Crippen LogP contribution in [0.1, 0.15) is 44.0 Å². The Balaban J connectivity index is 1.94. The summed E-state index contributed by atoms with van der Waals surface area (Å²) in [5, 5.41) is 2.11. The van der Waals surface area contributed by atoms with Gasteiger partial charge in [0.05, 0.1) is 6.04 Å². The summed E-state index contributed by atoms with van der Waals surface area (Å²) in [5.74, 6) is 0. The van der Waals surface area contributed by atoms with Gasteiger partial charge in [-0.1, -0.05) is 60.7 Å². The Morgan fingerprint density at radius 1 is 0.800 bits per heavy atom. The standard InChI is InChI=1S/C18H21NO/c1-18(2,3)19-16(14-10-6-4-7-11-14)17(20-19)15-12-8-5-9-13-15/h4-13,16-17H,1-3H3. The lowest BCUT2D eigenvalue weighted by Gasteiger charge is -2.53. The average Bonchev–Trinajstić information content (AvgIpc) is 2.38. The van der Waals surface area contributed by atoms with Crippen molar-refractivity contribution in [1.29, 1.82) is 0 Å². The quantitative estimate of drug-likeness (QED) is 0.793. The lowest BCUT2D eigenvalue weighted by Crippen LogP contribution is -2.54. The first kappa shape index (κ1) is 13.3. The van der Waals surface area contributed by atoms with Gasteiger partial charge >= 0.3 is 0 Å². The molecule has 1 saturated heterocycles. The Bertz CT molecular complexity index is 559. The zero-order chi connectivity index (χ0) is 14.2. The fourth-order valence-corrected chi connectivity index (χ4v) is 2.73. The van der Waals surface area contributed by atoms with Crippen molar-refractivity contribution in [2.75, 3.05) is 0 Å². The minimum Gasteiger partial charge on any atom is -0.288 e. The molecule has 2 unspecified atom stereocenters. The Hall–Kier alpha value is -1.64. The highest BCUT2D eigenvalue weighted by Crippen LogP contribution is 2.49. The summed E-state index contributed by atoms with van der Waals surface area (Å²) in [7, 11) is 0. The maximum absolute atomic E-state index is 6.09. The highest BCUT2D eigenvalue weighted by Gasteiger charge is 2.47. The van der Waals surface area contributed by atoms with Crippen LogP contribution in [-0.2, 0) is 4.84 Å². The largest absolute Gasteiger partial charge is 0.288 e. The second-order valence-corrected chi connectivity index (χ2v) is 6.29. The minimum absolute atomic E-state index is 0.00815. The van der Waals surface area contributed by atoms with Crippen LogP contribution >= 0.6 is 0 Å². The molecule has 20 heavy (non-hydrogen) atoms. The molecule has 1 aliphatic heterocycles. The molecule has 0 N–H and O–H groups in total. The van der Waals surface area contributed by atoms with Crippen molar-refractivity contribution in [1.82, 2.24) is 5.06 Å². The lowest BCUT2D eigenvalue weighted by atomic mass is 9.90. The van der Waals surface area contributed by atoms with Gasteiger partial charge in [0, 0.05) is 5.54 Å². The van der Waals surface area contributed by atoms with Gasteiger partial charge < -0.3 is 0 Å². The van der Waals surface area contributed by atoms with Gasteiger partial charge in [-0.25, -0.2) is 0 Å². The molecule has 1 fully saturated rings. The van der Waals surface area contributed by atoms with Crippen LogP contribution in [0.15, 0.2) is 60.7 Å². The topological polar surface area (TPSA) is 12.5 Å². The summed E-state index contributed by atoms with van der Waals surface area (Å²) in [6.07, 6.45) is 0.109. The number of hydroxylamine groups is 2. The maximum Gasteiger partial charge on any atom is 0.126 e. The molecule has 0 saturated carbocycles. The van der Waals surface area contributed by atoms with Crippen LogP contribution in [0.2, 0.25) is 0 Å². The van der Waals surface area contributed by atoms with Crippen LogP contribution in [0.4, 0.5) is 0 Å². The molecule has 104 valence electrons. The van der Waals surface area contributed by atoms with Crippen molar-refractivity contribution in [2.24, 2.45) is 0 Å². The molecule has 2 aromatic rings. The van der Waals surface area contributed by atoms with Crippen molar-refractivity contribution < 1.29 is 4.84 Å². The van der Waals surface area contributed by atoms with Gasteiger partial charge in [-0.3, -0.25) is 4.84 Å². The van der Waals surface area contributed by atoms with E-state index in [1.165, 1.54) is 11.1 Å². The van der Waals surface area contributed by atoms with Crippen LogP contribution in [0, 0.1) is 0 Å². The molecule has 2 aromatic carbocycles. The second-order valence-electron chi connectivity index (χ2n) is 6.29. The van der Waals surface area contributed by atoms with E-state index in [1.807, 2.05) is 6.07 Å². The van der Waals surface area contributed by atoms with Gasteiger partial charge in [0.1, 0.15) is 6.10 Å². The fourth-order valence-electron chi connectivity index (χ4n) is 2.73. The van der Waals surface area contributed by atoms with Crippen molar-refractivity contribution >= 4 is 0 Å². The Kier molecular flexibility index (Phi) is 3.36. The molecule has 0 aliphatic carbocycles. The number of rotatable bonds is 2. The molecule has 0 aromatic heterocycles. The molecular weight excluding hydrogens is 246 g/mol. The zero-order valence-corrected chi connectivity index (χ0v) is 12.3. The third-order valence-corrected chi connectivity index (χ3v) is 3.70. The van der Waals surface area contributed by atoms with Crippen LogP contribution in [0.5, 0.6) is 0 Å². The van der Waals surface area contributed by atoms with E-state index in [1.54, 1.807) is 0 Å². The third-order valence-electron chi connectivity index (χ3n) is 3.70. The monoisotopic (exact) mass is 267 g/mol. The maximum atomic E-state index is 6.09. The van der Waals surface area contributed by atoms with Gasteiger partial charge in [-0.05, 0) is 31.9 Å². The molecular formula is C18H21NO. The fraction of sp³-hybridized carbons (Fsp3) is 0.333. The van der Waals surface area contributed by atoms with Crippen LogP contribution < -0.4 is 0 Å². The van der Waals surface area contributed by atoms with Crippen molar-refractivity contribution in [3.05, 3.63) is 71.8 Å². The summed E-state index contributed by atoms with van der Waals surface area (Å²) < 4.78 is 0. The molecule has 0 bridgehead atoms. The Morgan fingerprint density at radius 2 is 1.30 bits per heavy atom. The smallest absolute Gasteiger partial charge is 0.126 e. The SMILES string of the molecule is CC(C)(C)N1OC(c2ccccc2)C1c1ccccc1. The molecule has 0 spiro atoms. The summed E-state index contributed by atoms with van der Waals surface area (Å²) in [5.41, 5.74) is 2.54. The second kappa shape index (κ2) is 5.04. The first-order valence-electron chi connectivity index (χ1n) is 7.13. The van der Waals surface area contributed by atoms with E-state index < -0.39 is 0 Å². The van der Waals surface area contributed by atoms with E-state index in [0.29, 0.717) is 0 Å². The third kappa shape index (κ3) is 2.37. The summed E-state index contributed by atoms with van der Waals surface area (Å²) >= 11 is 0. The predicted molar refractivity (Wildman–Crippen MR) is 81.0 cm³/mol. The molecule has 2 heteroatoms. The van der Waals surface area contributed by atoms with Crippen molar-refractivity contribution in [2.45, 2.75) is 38.5 Å². The van der Waals surface area contributed by atoms with Gasteiger partial charge in [0.25, 0.3) is 0 Å². The van der Waals surface area contributed by atoms with Gasteiger partial charge in [-0.15, -0.1) is 0 Å². The van der Waals surface area contributed by atoms with Crippen LogP contribution in [0.3, 0.4) is 0 Å². The molecule has 1 aliphatic rings. The predicted octanol–water partition coefficient (Wildman–Crippen LogP) is 4.51. The zero-order valence-electron chi connectivity index (χ0n) is 12.3. The molecule has 0 radical (unpaired) electrons. The molecule has 3 rings (SSSR count). The van der Waals surface area contributed by atoms with Crippen LogP contribution in [0.25, 0.3) is 0 Å². The van der Waals surface area contributed by atoms with E-state index in [-0.39, 0.29) is 17.7 Å². The van der Waals surface area contributed by atoms with Gasteiger partial charge in [0.15, 0.2) is 0 Å². The average molecular weight is 267 g/mol. The van der Waals surface area contributed by atoms with Crippen molar-refractivity contribution in [3.63, 3.8) is 0 Å². The summed E-state index contributed by atoms with van der Waals surface area (Å²) in [4.78, 5) is 6.09. The summed E-state index contributed by atoms with van der Waals surface area (Å²) in [6.45, 7) is 6.55. The number of benzene rings is 2. The first-order chi connectivity index (χ1) is 9.57. The molecule has 1 heterocycles. The highest BCUT2D eigenvalue weighted by molar-refractivity contribution is 5.28. The van der Waals surface area contributed by atoms with Crippen LogP contribution in [-0.4, -0.2) is 10.6 Å². The lowest BCUT2D eigenvalue weighted by molar-refractivity contribution is -0.381. The van der Waals surface area contributed by atoms with E-state index in [4.69, 9.17) is 4.84 Å².